The van der Waals surface area contributed by atoms with Crippen LogP contribution in [0.3, 0.4) is 0 Å². The van der Waals surface area contributed by atoms with E-state index < -0.39 is 0 Å². The van der Waals surface area contributed by atoms with Crippen molar-refractivity contribution in [2.45, 2.75) is 26.3 Å². The molecule has 1 aromatic rings. The molecule has 1 heterocycles. The Hall–Kier alpha value is -1.49. The number of amides is 2. The van der Waals surface area contributed by atoms with Gasteiger partial charge in [0.05, 0.1) is 11.6 Å². The van der Waals surface area contributed by atoms with Crippen LogP contribution in [0.4, 0.5) is 0 Å². The first-order chi connectivity index (χ1) is 8.19. The number of H-pyrrole nitrogens is 1. The molecule has 0 saturated carbocycles. The van der Waals surface area contributed by atoms with E-state index in [0.29, 0.717) is 10.7 Å². The van der Waals surface area contributed by atoms with Gasteiger partial charge in [0.25, 0.3) is 5.91 Å². The van der Waals surface area contributed by atoms with E-state index >= 15 is 0 Å². The Morgan fingerprint density at radius 2 is 2.06 bits per heavy atom. The van der Waals surface area contributed by atoms with Crippen LogP contribution >= 0.6 is 11.6 Å². The summed E-state index contributed by atoms with van der Waals surface area (Å²) in [6, 6.07) is 1.53. The van der Waals surface area contributed by atoms with Crippen LogP contribution in [0.2, 0.25) is 5.02 Å². The molecule has 0 unspecified atom stereocenters. The first-order valence-corrected chi connectivity index (χ1v) is 5.97. The van der Waals surface area contributed by atoms with Crippen LogP contribution in [-0.4, -0.2) is 40.8 Å². The van der Waals surface area contributed by atoms with Gasteiger partial charge in [0.15, 0.2) is 0 Å². The number of halogens is 1. The summed E-state index contributed by atoms with van der Waals surface area (Å²) in [5.74, 6) is -0.470. The zero-order valence-electron chi connectivity index (χ0n) is 11.0. The van der Waals surface area contributed by atoms with Gasteiger partial charge in [-0.2, -0.15) is 0 Å². The van der Waals surface area contributed by atoms with Gasteiger partial charge >= 0.3 is 0 Å². The summed E-state index contributed by atoms with van der Waals surface area (Å²) in [5, 5.41) is 3.26. The molecule has 0 fully saturated rings. The summed E-state index contributed by atoms with van der Waals surface area (Å²) in [7, 11) is 1.57. The third kappa shape index (κ3) is 4.41. The average molecular weight is 272 g/mol. The van der Waals surface area contributed by atoms with Crippen molar-refractivity contribution in [1.82, 2.24) is 15.2 Å². The van der Waals surface area contributed by atoms with Gasteiger partial charge in [-0.1, -0.05) is 11.6 Å². The summed E-state index contributed by atoms with van der Waals surface area (Å²) in [5.41, 5.74) is 0.0579. The second kappa shape index (κ2) is 5.44. The summed E-state index contributed by atoms with van der Waals surface area (Å²) >= 11 is 5.72. The van der Waals surface area contributed by atoms with Crippen LogP contribution < -0.4 is 5.32 Å². The molecule has 1 aromatic heterocycles. The molecule has 0 radical (unpaired) electrons. The Bertz CT molecular complexity index is 448. The smallest absolute Gasteiger partial charge is 0.270 e. The van der Waals surface area contributed by atoms with Gasteiger partial charge in [0.1, 0.15) is 5.69 Å². The quantitative estimate of drug-likeness (QED) is 0.878. The van der Waals surface area contributed by atoms with Crippen molar-refractivity contribution in [1.29, 1.82) is 0 Å². The van der Waals surface area contributed by atoms with E-state index in [1.165, 1.54) is 17.2 Å². The van der Waals surface area contributed by atoms with Gasteiger partial charge in [-0.05, 0) is 26.8 Å². The van der Waals surface area contributed by atoms with Crippen LogP contribution in [0.25, 0.3) is 0 Å². The third-order valence-corrected chi connectivity index (χ3v) is 2.34. The SMILES string of the molecule is CN(CC(=O)NC(C)(C)C)C(=O)c1cc(Cl)c[nH]1. The predicted molar refractivity (Wildman–Crippen MR) is 70.7 cm³/mol. The fourth-order valence-electron chi connectivity index (χ4n) is 1.44. The maximum atomic E-state index is 11.9. The van der Waals surface area contributed by atoms with E-state index in [2.05, 4.69) is 10.3 Å². The molecular formula is C12H18ClN3O2. The number of carbonyl (C=O) groups excluding carboxylic acids is 2. The van der Waals surface area contributed by atoms with Crippen molar-refractivity contribution < 1.29 is 9.59 Å². The molecule has 0 bridgehead atoms. The first kappa shape index (κ1) is 14.6. The van der Waals surface area contributed by atoms with Gasteiger partial charge in [-0.25, -0.2) is 0 Å². The molecule has 0 aliphatic rings. The zero-order chi connectivity index (χ0) is 13.9. The third-order valence-electron chi connectivity index (χ3n) is 2.12. The molecular weight excluding hydrogens is 254 g/mol. The van der Waals surface area contributed by atoms with Gasteiger partial charge < -0.3 is 15.2 Å². The van der Waals surface area contributed by atoms with Crippen molar-refractivity contribution >= 4 is 23.4 Å². The lowest BCUT2D eigenvalue weighted by Crippen LogP contribution is -2.46. The lowest BCUT2D eigenvalue weighted by Gasteiger charge is -2.23. The first-order valence-electron chi connectivity index (χ1n) is 5.59. The number of aromatic nitrogens is 1. The second-order valence-corrected chi connectivity index (χ2v) is 5.63. The number of hydrogen-bond donors (Lipinski definition) is 2. The van der Waals surface area contributed by atoms with Gasteiger partial charge in [0, 0.05) is 18.8 Å². The number of aromatic amines is 1. The molecule has 2 N–H and O–H groups in total. The summed E-state index contributed by atoms with van der Waals surface area (Å²) in [4.78, 5) is 27.7. The zero-order valence-corrected chi connectivity index (χ0v) is 11.8. The molecule has 0 spiro atoms. The average Bonchev–Trinajstić information content (AvgIpc) is 2.60. The molecule has 5 nitrogen and oxygen atoms in total. The molecule has 0 aliphatic carbocycles. The van der Waals surface area contributed by atoms with E-state index in [0.717, 1.165) is 0 Å². The normalized spacial score (nSPS) is 11.2. The van der Waals surface area contributed by atoms with E-state index in [9.17, 15) is 9.59 Å². The molecule has 0 aromatic carbocycles. The minimum absolute atomic E-state index is 0.00669. The monoisotopic (exact) mass is 271 g/mol. The number of carbonyl (C=O) groups is 2. The van der Waals surface area contributed by atoms with Crippen molar-refractivity contribution in [3.63, 3.8) is 0 Å². The molecule has 0 aliphatic heterocycles. The number of likely N-dealkylation sites (N-methyl/N-ethyl adjacent to an activating group) is 1. The maximum absolute atomic E-state index is 11.9. The number of nitrogens with one attached hydrogen (secondary N) is 2. The lowest BCUT2D eigenvalue weighted by atomic mass is 10.1. The van der Waals surface area contributed by atoms with Gasteiger partial charge in [-0.3, -0.25) is 9.59 Å². The predicted octanol–water partition coefficient (Wildman–Crippen LogP) is 1.65. The highest BCUT2D eigenvalue weighted by Crippen LogP contribution is 2.11. The highest BCUT2D eigenvalue weighted by molar-refractivity contribution is 6.30. The Morgan fingerprint density at radius 1 is 1.44 bits per heavy atom. The lowest BCUT2D eigenvalue weighted by molar-refractivity contribution is -0.122. The maximum Gasteiger partial charge on any atom is 0.270 e. The van der Waals surface area contributed by atoms with Crippen LogP contribution in [0.5, 0.6) is 0 Å². The number of rotatable bonds is 3. The summed E-state index contributed by atoms with van der Waals surface area (Å²) < 4.78 is 0. The molecule has 1 rings (SSSR count). The standard InChI is InChI=1S/C12H18ClN3O2/c1-12(2,3)15-10(17)7-16(4)11(18)9-5-8(13)6-14-9/h5-6,14H,7H2,1-4H3,(H,15,17). The fourth-order valence-corrected chi connectivity index (χ4v) is 1.61. The van der Waals surface area contributed by atoms with Crippen LogP contribution in [0.15, 0.2) is 12.3 Å². The van der Waals surface area contributed by atoms with E-state index in [1.54, 1.807) is 7.05 Å². The second-order valence-electron chi connectivity index (χ2n) is 5.19. The minimum Gasteiger partial charge on any atom is -0.356 e. The van der Waals surface area contributed by atoms with Crippen molar-refractivity contribution in [3.8, 4) is 0 Å². The van der Waals surface area contributed by atoms with E-state index in [-0.39, 0.29) is 23.9 Å². The van der Waals surface area contributed by atoms with Crippen LogP contribution in [0.1, 0.15) is 31.3 Å². The molecule has 2 amide bonds. The Kier molecular flexibility index (Phi) is 4.40. The van der Waals surface area contributed by atoms with Crippen molar-refractivity contribution in [2.24, 2.45) is 0 Å². The van der Waals surface area contributed by atoms with Crippen molar-refractivity contribution in [3.05, 3.63) is 23.0 Å². The highest BCUT2D eigenvalue weighted by atomic mass is 35.5. The Labute approximate surface area is 111 Å². The van der Waals surface area contributed by atoms with Crippen LogP contribution in [-0.2, 0) is 4.79 Å². The molecule has 6 heteroatoms. The van der Waals surface area contributed by atoms with Crippen LogP contribution in [0, 0.1) is 0 Å². The number of nitrogens with zero attached hydrogens (tertiary/aromatic N) is 1. The summed E-state index contributed by atoms with van der Waals surface area (Å²) in [6.07, 6.45) is 1.53. The van der Waals surface area contributed by atoms with E-state index in [1.807, 2.05) is 20.8 Å². The molecule has 100 valence electrons. The summed E-state index contributed by atoms with van der Waals surface area (Å²) in [6.45, 7) is 5.67. The molecule has 18 heavy (non-hydrogen) atoms. The largest absolute Gasteiger partial charge is 0.356 e. The fraction of sp³-hybridized carbons (Fsp3) is 0.500. The van der Waals surface area contributed by atoms with E-state index in [4.69, 9.17) is 11.6 Å². The minimum atomic E-state index is -0.309. The Balaban J connectivity index is 2.58. The topological polar surface area (TPSA) is 65.2 Å². The molecule has 0 saturated heterocycles. The van der Waals surface area contributed by atoms with Gasteiger partial charge in [-0.15, -0.1) is 0 Å². The van der Waals surface area contributed by atoms with Gasteiger partial charge in [0.2, 0.25) is 5.91 Å². The highest BCUT2D eigenvalue weighted by Gasteiger charge is 2.19. The van der Waals surface area contributed by atoms with Crippen molar-refractivity contribution in [2.75, 3.05) is 13.6 Å². The Morgan fingerprint density at radius 3 is 2.50 bits per heavy atom. The molecule has 0 atom stereocenters. The number of hydrogen-bond acceptors (Lipinski definition) is 2.